The Bertz CT molecular complexity index is 394. The van der Waals surface area contributed by atoms with E-state index in [2.05, 4.69) is 27.7 Å². The van der Waals surface area contributed by atoms with Crippen molar-refractivity contribution in [3.8, 4) is 0 Å². The van der Waals surface area contributed by atoms with Gasteiger partial charge in [0.1, 0.15) is 11.7 Å². The van der Waals surface area contributed by atoms with Gasteiger partial charge in [-0.3, -0.25) is 9.59 Å². The molecule has 0 aliphatic heterocycles. The molecule has 0 aromatic carbocycles. The highest BCUT2D eigenvalue weighted by atomic mass is 16.6. The zero-order valence-electron chi connectivity index (χ0n) is 16.6. The number of carbonyl (C=O) groups is 2. The Morgan fingerprint density at radius 1 is 0.870 bits per heavy atom. The zero-order valence-corrected chi connectivity index (χ0v) is 16.6. The van der Waals surface area contributed by atoms with Gasteiger partial charge in [-0.25, -0.2) is 0 Å². The molecule has 0 aromatic rings. The van der Waals surface area contributed by atoms with Crippen LogP contribution in [0.3, 0.4) is 0 Å². The van der Waals surface area contributed by atoms with Crippen molar-refractivity contribution in [3.05, 3.63) is 0 Å². The first-order valence-corrected chi connectivity index (χ1v) is 8.61. The van der Waals surface area contributed by atoms with Gasteiger partial charge in [0.05, 0.1) is 5.41 Å². The molecular weight excluding hydrogens is 292 g/mol. The highest BCUT2D eigenvalue weighted by molar-refractivity contribution is 5.78. The molecule has 4 heteroatoms. The Labute approximate surface area is 142 Å². The lowest BCUT2D eigenvalue weighted by Crippen LogP contribution is -2.40. The van der Waals surface area contributed by atoms with Gasteiger partial charge in [-0.2, -0.15) is 0 Å². The monoisotopic (exact) mass is 328 g/mol. The first kappa shape index (κ1) is 21.9. The number of ether oxygens (including phenoxy) is 2. The number of hydrogen-bond acceptors (Lipinski definition) is 4. The van der Waals surface area contributed by atoms with E-state index in [0.29, 0.717) is 0 Å². The lowest BCUT2D eigenvalue weighted by atomic mass is 9.78. The van der Waals surface area contributed by atoms with Gasteiger partial charge in [-0.1, -0.05) is 34.6 Å². The molecule has 0 fully saturated rings. The van der Waals surface area contributed by atoms with Gasteiger partial charge in [0.25, 0.3) is 0 Å². The fraction of sp³-hybridized carbons (Fsp3) is 0.895. The molecule has 0 unspecified atom stereocenters. The molecule has 0 spiro atoms. The molecule has 4 nitrogen and oxygen atoms in total. The Morgan fingerprint density at radius 2 is 1.30 bits per heavy atom. The first-order chi connectivity index (χ1) is 10.2. The van der Waals surface area contributed by atoms with E-state index in [0.717, 1.165) is 0 Å². The molecule has 0 amide bonds. The van der Waals surface area contributed by atoms with Gasteiger partial charge in [0.15, 0.2) is 0 Å². The van der Waals surface area contributed by atoms with Crippen LogP contribution in [0, 0.1) is 23.2 Å². The average molecular weight is 328 g/mol. The number of hydrogen-bond donors (Lipinski definition) is 0. The van der Waals surface area contributed by atoms with Crippen molar-refractivity contribution in [2.75, 3.05) is 0 Å². The van der Waals surface area contributed by atoms with Crippen LogP contribution in [0.1, 0.15) is 75.7 Å². The third kappa shape index (κ3) is 7.36. The maximum absolute atomic E-state index is 12.6. The minimum Gasteiger partial charge on any atom is -0.461 e. The van der Waals surface area contributed by atoms with Crippen molar-refractivity contribution >= 4 is 11.9 Å². The molecule has 0 bridgehead atoms. The van der Waals surface area contributed by atoms with E-state index in [1.807, 2.05) is 41.5 Å². The highest BCUT2D eigenvalue weighted by Crippen LogP contribution is 2.33. The molecule has 23 heavy (non-hydrogen) atoms. The van der Waals surface area contributed by atoms with Crippen LogP contribution in [-0.4, -0.2) is 23.6 Å². The predicted octanol–water partition coefficient (Wildman–Crippen LogP) is 4.60. The van der Waals surface area contributed by atoms with Crippen molar-refractivity contribution in [2.45, 2.75) is 87.4 Å². The number of esters is 2. The SMILES string of the molecule is CC(C)C(OC(=O)C(C)(C)[C@H](C)CC(=O)OC(C)(C)C)C(C)C. The predicted molar refractivity (Wildman–Crippen MR) is 93.0 cm³/mol. The molecule has 0 radical (unpaired) electrons. The summed E-state index contributed by atoms with van der Waals surface area (Å²) in [6.07, 6.45) is 0.0865. The second kappa shape index (κ2) is 8.16. The van der Waals surface area contributed by atoms with E-state index in [1.54, 1.807) is 0 Å². The standard InChI is InChI=1S/C19H36O4/c1-12(2)16(13(3)4)22-17(21)19(9,10)14(5)11-15(20)23-18(6,7)8/h12-14,16H,11H2,1-10H3/t14-/m1/s1. The van der Waals surface area contributed by atoms with Gasteiger partial charge in [-0.05, 0) is 52.4 Å². The smallest absolute Gasteiger partial charge is 0.312 e. The summed E-state index contributed by atoms with van der Waals surface area (Å²) in [4.78, 5) is 24.6. The van der Waals surface area contributed by atoms with Crippen molar-refractivity contribution in [2.24, 2.45) is 23.2 Å². The molecule has 0 heterocycles. The van der Waals surface area contributed by atoms with Gasteiger partial charge in [-0.15, -0.1) is 0 Å². The minimum atomic E-state index is -0.737. The minimum absolute atomic E-state index is 0.115. The van der Waals surface area contributed by atoms with Crippen LogP contribution in [0.5, 0.6) is 0 Å². The summed E-state index contributed by atoms with van der Waals surface area (Å²) < 4.78 is 11.1. The molecule has 0 aliphatic rings. The summed E-state index contributed by atoms with van der Waals surface area (Å²) in [5.41, 5.74) is -1.25. The van der Waals surface area contributed by atoms with E-state index in [9.17, 15) is 9.59 Å². The van der Waals surface area contributed by atoms with Crippen LogP contribution in [0.15, 0.2) is 0 Å². The fourth-order valence-electron chi connectivity index (χ4n) is 2.41. The molecule has 0 saturated heterocycles. The van der Waals surface area contributed by atoms with E-state index < -0.39 is 11.0 Å². The van der Waals surface area contributed by atoms with Crippen LogP contribution in [-0.2, 0) is 19.1 Å². The van der Waals surface area contributed by atoms with Crippen LogP contribution < -0.4 is 0 Å². The van der Waals surface area contributed by atoms with Crippen LogP contribution >= 0.6 is 0 Å². The lowest BCUT2D eigenvalue weighted by Gasteiger charge is -2.34. The van der Waals surface area contributed by atoms with E-state index in [-0.39, 0.29) is 42.2 Å². The Hall–Kier alpha value is -1.06. The van der Waals surface area contributed by atoms with Crippen molar-refractivity contribution < 1.29 is 19.1 Å². The van der Waals surface area contributed by atoms with Gasteiger partial charge < -0.3 is 9.47 Å². The van der Waals surface area contributed by atoms with Gasteiger partial charge in [0, 0.05) is 6.42 Å². The largest absolute Gasteiger partial charge is 0.461 e. The van der Waals surface area contributed by atoms with E-state index in [4.69, 9.17) is 9.47 Å². The molecule has 0 N–H and O–H groups in total. The molecule has 0 rings (SSSR count). The third-order valence-electron chi connectivity index (χ3n) is 4.21. The van der Waals surface area contributed by atoms with E-state index in [1.165, 1.54) is 0 Å². The molecule has 136 valence electrons. The first-order valence-electron chi connectivity index (χ1n) is 8.61. The van der Waals surface area contributed by atoms with Gasteiger partial charge in [0.2, 0.25) is 0 Å². The van der Waals surface area contributed by atoms with Crippen LogP contribution in [0.25, 0.3) is 0 Å². The fourth-order valence-corrected chi connectivity index (χ4v) is 2.41. The summed E-state index contributed by atoms with van der Waals surface area (Å²) in [6.45, 7) is 19.3. The van der Waals surface area contributed by atoms with Crippen LogP contribution in [0.4, 0.5) is 0 Å². The maximum atomic E-state index is 12.6. The van der Waals surface area contributed by atoms with Crippen molar-refractivity contribution in [3.63, 3.8) is 0 Å². The summed E-state index contributed by atoms with van der Waals surface area (Å²) in [6, 6.07) is 0. The molecule has 1 atom stereocenters. The Morgan fingerprint density at radius 3 is 1.65 bits per heavy atom. The normalized spacial score (nSPS) is 14.3. The second-order valence-electron chi connectivity index (χ2n) is 8.77. The lowest BCUT2D eigenvalue weighted by molar-refractivity contribution is -0.169. The summed E-state index contributed by atoms with van der Waals surface area (Å²) in [7, 11) is 0. The van der Waals surface area contributed by atoms with Crippen LogP contribution in [0.2, 0.25) is 0 Å². The van der Waals surface area contributed by atoms with Gasteiger partial charge >= 0.3 is 11.9 Å². The summed E-state index contributed by atoms with van der Waals surface area (Å²) >= 11 is 0. The zero-order chi connectivity index (χ0) is 18.6. The highest BCUT2D eigenvalue weighted by Gasteiger charge is 2.39. The topological polar surface area (TPSA) is 52.6 Å². The molecule has 0 saturated carbocycles. The molecular formula is C19H36O4. The van der Waals surface area contributed by atoms with E-state index >= 15 is 0 Å². The molecule has 0 aromatic heterocycles. The number of carbonyl (C=O) groups excluding carboxylic acids is 2. The van der Waals surface area contributed by atoms with Crippen molar-refractivity contribution in [1.82, 2.24) is 0 Å². The maximum Gasteiger partial charge on any atom is 0.312 e. The average Bonchev–Trinajstić information content (AvgIpc) is 2.31. The second-order valence-corrected chi connectivity index (χ2v) is 8.77. The Kier molecular flexibility index (Phi) is 7.79. The Balaban J connectivity index is 4.88. The summed E-state index contributed by atoms with van der Waals surface area (Å²) in [5.74, 6) is -0.173. The third-order valence-corrected chi connectivity index (χ3v) is 4.21. The summed E-state index contributed by atoms with van der Waals surface area (Å²) in [5, 5.41) is 0. The molecule has 0 aliphatic carbocycles. The number of rotatable bonds is 7. The quantitative estimate of drug-likeness (QED) is 0.641. The van der Waals surface area contributed by atoms with Crippen molar-refractivity contribution in [1.29, 1.82) is 0 Å².